The third-order valence-electron chi connectivity index (χ3n) is 8.91. The molecule has 0 saturated carbocycles. The number of rotatable bonds is 33. The molecule has 0 fully saturated rings. The van der Waals surface area contributed by atoms with Crippen LogP contribution >= 0.6 is 11.6 Å². The zero-order chi connectivity index (χ0) is 29.2. The van der Waals surface area contributed by atoms with Gasteiger partial charge < -0.3 is 0 Å². The Balaban J connectivity index is 3.48. The minimum absolute atomic E-state index is 0.364. The van der Waals surface area contributed by atoms with Gasteiger partial charge in [0.1, 0.15) is 0 Å². The molecule has 0 saturated heterocycles. The maximum absolute atomic E-state index is 6.44. The van der Waals surface area contributed by atoms with Crippen molar-refractivity contribution in [3.05, 3.63) is 24.3 Å². The molecule has 0 N–H and O–H groups in total. The molecule has 0 aliphatic rings. The summed E-state index contributed by atoms with van der Waals surface area (Å²) in [7, 11) is 0. The molecule has 0 atom stereocenters. The minimum Gasteiger partial charge on any atom is -0.126 e. The van der Waals surface area contributed by atoms with Crippen LogP contribution in [0.2, 0.25) is 0 Å². The molecule has 0 spiro atoms. The highest BCUT2D eigenvalue weighted by atomic mass is 35.5. The lowest BCUT2D eigenvalue weighted by molar-refractivity contribution is 0.287. The van der Waals surface area contributed by atoms with Gasteiger partial charge in [-0.05, 0) is 69.6 Å². The molecule has 0 bridgehead atoms. The summed E-state index contributed by atoms with van der Waals surface area (Å²) in [6.45, 7) is 7.03. The van der Waals surface area contributed by atoms with Crippen LogP contribution in [0, 0.1) is 5.41 Å². The molecular formula is C39H75Cl. The zero-order valence-corrected chi connectivity index (χ0v) is 28.9. The Morgan fingerprint density at radius 3 is 0.900 bits per heavy atom. The topological polar surface area (TPSA) is 0 Å². The second kappa shape index (κ2) is 33.3. The quantitative estimate of drug-likeness (QED) is 0.0412. The second-order valence-electron chi connectivity index (χ2n) is 13.3. The van der Waals surface area contributed by atoms with E-state index >= 15 is 0 Å². The van der Waals surface area contributed by atoms with Crippen molar-refractivity contribution in [1.29, 1.82) is 0 Å². The molecule has 0 rings (SSSR count). The summed E-state index contributed by atoms with van der Waals surface area (Å²) in [5.74, 6) is 0.836. The van der Waals surface area contributed by atoms with Gasteiger partial charge in [-0.1, -0.05) is 173 Å². The van der Waals surface area contributed by atoms with Crippen molar-refractivity contribution in [3.63, 3.8) is 0 Å². The summed E-state index contributed by atoms with van der Waals surface area (Å²) in [6.07, 6.45) is 51.2. The molecule has 238 valence electrons. The Hall–Kier alpha value is -0.230. The fourth-order valence-electron chi connectivity index (χ4n) is 5.86. The highest BCUT2D eigenvalue weighted by molar-refractivity contribution is 6.18. The number of allylic oxidation sites excluding steroid dienone is 4. The molecule has 0 aliphatic heterocycles. The number of halogens is 1. The molecule has 40 heavy (non-hydrogen) atoms. The first-order chi connectivity index (χ1) is 19.7. The SMILES string of the molecule is CCCCCCCC/C=C\CCCCCCCCC(C)(CCl)CCCCCCCC/C=C\CCCCCCCC. The lowest BCUT2D eigenvalue weighted by Gasteiger charge is -2.27. The molecular weight excluding hydrogens is 504 g/mol. The predicted octanol–water partition coefficient (Wildman–Crippen LogP) is 15.1. The van der Waals surface area contributed by atoms with Gasteiger partial charge in [-0.2, -0.15) is 0 Å². The molecule has 1 heteroatoms. The van der Waals surface area contributed by atoms with Gasteiger partial charge in [0.15, 0.2) is 0 Å². The Labute approximate surface area is 260 Å². The zero-order valence-electron chi connectivity index (χ0n) is 28.1. The highest BCUT2D eigenvalue weighted by Gasteiger charge is 2.21. The van der Waals surface area contributed by atoms with E-state index in [1.54, 1.807) is 0 Å². The van der Waals surface area contributed by atoms with E-state index in [-0.39, 0.29) is 0 Å². The van der Waals surface area contributed by atoms with Gasteiger partial charge in [0.05, 0.1) is 0 Å². The van der Waals surface area contributed by atoms with Gasteiger partial charge in [-0.3, -0.25) is 0 Å². The van der Waals surface area contributed by atoms with Gasteiger partial charge in [-0.25, -0.2) is 0 Å². The smallest absolute Gasteiger partial charge is 0.0277 e. The van der Waals surface area contributed by atoms with Crippen molar-refractivity contribution < 1.29 is 0 Å². The van der Waals surface area contributed by atoms with Crippen molar-refractivity contribution in [3.8, 4) is 0 Å². The maximum Gasteiger partial charge on any atom is 0.0277 e. The van der Waals surface area contributed by atoms with Crippen LogP contribution in [-0.2, 0) is 0 Å². The van der Waals surface area contributed by atoms with Gasteiger partial charge in [-0.15, -0.1) is 11.6 Å². The van der Waals surface area contributed by atoms with Crippen LogP contribution in [0.5, 0.6) is 0 Å². The number of hydrogen-bond donors (Lipinski definition) is 0. The third-order valence-corrected chi connectivity index (χ3v) is 9.55. The summed E-state index contributed by atoms with van der Waals surface area (Å²) in [5, 5.41) is 0. The van der Waals surface area contributed by atoms with Gasteiger partial charge in [0, 0.05) is 5.88 Å². The van der Waals surface area contributed by atoms with Crippen LogP contribution < -0.4 is 0 Å². The first-order valence-electron chi connectivity index (χ1n) is 18.5. The van der Waals surface area contributed by atoms with Gasteiger partial charge >= 0.3 is 0 Å². The fourth-order valence-corrected chi connectivity index (χ4v) is 6.12. The molecule has 0 unspecified atom stereocenters. The second-order valence-corrected chi connectivity index (χ2v) is 13.6. The number of unbranched alkanes of at least 4 members (excludes halogenated alkanes) is 24. The summed E-state index contributed by atoms with van der Waals surface area (Å²) < 4.78 is 0. The van der Waals surface area contributed by atoms with E-state index in [2.05, 4.69) is 45.1 Å². The minimum atomic E-state index is 0.364. The molecule has 0 aliphatic carbocycles. The van der Waals surface area contributed by atoms with Crippen LogP contribution in [0.1, 0.15) is 213 Å². The monoisotopic (exact) mass is 579 g/mol. The molecule has 0 radical (unpaired) electrons. The predicted molar refractivity (Wildman–Crippen MR) is 187 cm³/mol. The van der Waals surface area contributed by atoms with Crippen molar-refractivity contribution >= 4 is 11.6 Å². The normalized spacial score (nSPS) is 12.4. The maximum atomic E-state index is 6.44. The van der Waals surface area contributed by atoms with Crippen LogP contribution in [0.15, 0.2) is 24.3 Å². The number of hydrogen-bond acceptors (Lipinski definition) is 0. The Bertz CT molecular complexity index is 477. The van der Waals surface area contributed by atoms with Crippen molar-refractivity contribution in [2.75, 3.05) is 5.88 Å². The highest BCUT2D eigenvalue weighted by Crippen LogP contribution is 2.32. The molecule has 0 amide bonds. The Morgan fingerprint density at radius 1 is 0.375 bits per heavy atom. The first-order valence-corrected chi connectivity index (χ1v) is 19.1. The standard InChI is InChI=1S/C39H75Cl/c1-4-6-8-10-12-14-16-18-20-22-24-26-28-30-32-34-36-39(3,38-40)37-35-33-31-29-27-25-23-21-19-17-15-13-11-9-7-5-2/h18-21H,4-17,22-38H2,1-3H3/b20-18-,21-19-. The van der Waals surface area contributed by atoms with Crippen LogP contribution in [0.4, 0.5) is 0 Å². The van der Waals surface area contributed by atoms with E-state index in [4.69, 9.17) is 11.6 Å². The van der Waals surface area contributed by atoms with E-state index in [0.717, 1.165) is 5.88 Å². The fraction of sp³-hybridized carbons (Fsp3) is 0.897. The van der Waals surface area contributed by atoms with Crippen LogP contribution in [-0.4, -0.2) is 5.88 Å². The number of alkyl halides is 1. The van der Waals surface area contributed by atoms with Crippen molar-refractivity contribution in [2.24, 2.45) is 5.41 Å². The lowest BCUT2D eigenvalue weighted by atomic mass is 9.81. The van der Waals surface area contributed by atoms with E-state index < -0.39 is 0 Å². The summed E-state index contributed by atoms with van der Waals surface area (Å²) in [5.41, 5.74) is 0.364. The van der Waals surface area contributed by atoms with E-state index in [1.807, 2.05) is 0 Å². The molecule has 0 aromatic heterocycles. The average Bonchev–Trinajstić information content (AvgIpc) is 2.96. The Kier molecular flexibility index (Phi) is 33.1. The Morgan fingerprint density at radius 2 is 0.625 bits per heavy atom. The summed E-state index contributed by atoms with van der Waals surface area (Å²) in [4.78, 5) is 0. The lowest BCUT2D eigenvalue weighted by Crippen LogP contribution is -2.18. The van der Waals surface area contributed by atoms with Gasteiger partial charge in [0.25, 0.3) is 0 Å². The average molecular weight is 579 g/mol. The molecule has 0 aromatic rings. The largest absolute Gasteiger partial charge is 0.126 e. The van der Waals surface area contributed by atoms with E-state index in [0.29, 0.717) is 5.41 Å². The van der Waals surface area contributed by atoms with E-state index in [9.17, 15) is 0 Å². The van der Waals surface area contributed by atoms with Crippen molar-refractivity contribution in [1.82, 2.24) is 0 Å². The first kappa shape index (κ1) is 39.8. The molecule has 0 nitrogen and oxygen atoms in total. The van der Waals surface area contributed by atoms with Gasteiger partial charge in [0.2, 0.25) is 0 Å². The summed E-state index contributed by atoms with van der Waals surface area (Å²) in [6, 6.07) is 0. The van der Waals surface area contributed by atoms with Crippen molar-refractivity contribution in [2.45, 2.75) is 213 Å². The molecule has 0 aromatic carbocycles. The summed E-state index contributed by atoms with van der Waals surface area (Å²) >= 11 is 6.44. The van der Waals surface area contributed by atoms with Crippen LogP contribution in [0.3, 0.4) is 0 Å². The van der Waals surface area contributed by atoms with Crippen LogP contribution in [0.25, 0.3) is 0 Å². The third kappa shape index (κ3) is 30.7. The molecule has 0 heterocycles. The van der Waals surface area contributed by atoms with E-state index in [1.165, 1.54) is 193 Å².